The molecule has 1 aromatic carbocycles. The molecule has 1 N–H and O–H groups in total. The fourth-order valence-corrected chi connectivity index (χ4v) is 9.61. The molecule has 3 saturated heterocycles. The number of rotatable bonds is 10. The second kappa shape index (κ2) is 11.0. The standard InChI is InChI=1S/C30H42N2O5S/c1-8-14-31(25-18(5)12-11-13-19(25)6)28(35)26-30-20(7)15-22(38-30)23(29(36)37-10-3)24(30)27(34)32(26)21(16-33)17(4)9-2/h8,11-13,17,20-24,26,33H,1,9-10,14-16H2,2-7H3/t17-,20?,21-,22-,23+,24-,26?,30?/m0/s1. The van der Waals surface area contributed by atoms with Gasteiger partial charge in [0.15, 0.2) is 0 Å². The van der Waals surface area contributed by atoms with Gasteiger partial charge in [0.05, 0.1) is 35.8 Å². The fourth-order valence-electron chi connectivity index (χ4n) is 7.22. The van der Waals surface area contributed by atoms with Gasteiger partial charge in [-0.15, -0.1) is 18.3 Å². The number of fused-ring (bicyclic) bond motifs is 1. The third-order valence-electron chi connectivity index (χ3n) is 9.11. The van der Waals surface area contributed by atoms with Gasteiger partial charge in [-0.2, -0.15) is 0 Å². The molecule has 2 bridgehead atoms. The topological polar surface area (TPSA) is 87.2 Å². The molecule has 8 atom stereocenters. The molecular weight excluding hydrogens is 500 g/mol. The second-order valence-corrected chi connectivity index (χ2v) is 12.7. The molecule has 3 aliphatic heterocycles. The molecule has 0 saturated carbocycles. The van der Waals surface area contributed by atoms with E-state index >= 15 is 0 Å². The number of aliphatic hydroxyl groups excluding tert-OH is 1. The first-order valence-corrected chi connectivity index (χ1v) is 14.7. The number of likely N-dealkylation sites (tertiary alicyclic amines) is 1. The number of para-hydroxylation sites is 1. The zero-order valence-electron chi connectivity index (χ0n) is 23.5. The summed E-state index contributed by atoms with van der Waals surface area (Å²) in [6, 6.07) is 4.59. The van der Waals surface area contributed by atoms with Crippen LogP contribution in [0.2, 0.25) is 0 Å². The molecule has 0 aromatic heterocycles. The summed E-state index contributed by atoms with van der Waals surface area (Å²) in [5.74, 6) is -1.97. The SMILES string of the molecule is C=CCN(C(=O)C1N([C@@H](CO)[C@@H](C)CC)C(=O)[C@@H]2[C@H](C(=O)OCC)[C@@H]3CC(C)C12S3)c1c(C)cccc1C. The summed E-state index contributed by atoms with van der Waals surface area (Å²) in [4.78, 5) is 45.9. The van der Waals surface area contributed by atoms with Gasteiger partial charge in [0.25, 0.3) is 5.91 Å². The van der Waals surface area contributed by atoms with Crippen LogP contribution in [0.25, 0.3) is 0 Å². The van der Waals surface area contributed by atoms with E-state index in [1.165, 1.54) is 0 Å². The number of hydrogen-bond acceptors (Lipinski definition) is 6. The summed E-state index contributed by atoms with van der Waals surface area (Å²) in [7, 11) is 0. The highest BCUT2D eigenvalue weighted by Crippen LogP contribution is 2.69. The normalized spacial score (nSPS) is 31.2. The van der Waals surface area contributed by atoms with Crippen LogP contribution in [0.4, 0.5) is 5.69 Å². The van der Waals surface area contributed by atoms with Crippen molar-refractivity contribution >= 4 is 35.2 Å². The Bertz CT molecular complexity index is 1090. The van der Waals surface area contributed by atoms with E-state index in [2.05, 4.69) is 13.5 Å². The molecule has 4 rings (SSSR count). The summed E-state index contributed by atoms with van der Waals surface area (Å²) >= 11 is 1.63. The van der Waals surface area contributed by atoms with E-state index in [1.807, 2.05) is 45.9 Å². The minimum absolute atomic E-state index is 0.0268. The molecule has 208 valence electrons. The van der Waals surface area contributed by atoms with Crippen molar-refractivity contribution in [3.63, 3.8) is 0 Å². The number of amides is 2. The zero-order chi connectivity index (χ0) is 27.9. The number of ether oxygens (including phenoxy) is 1. The lowest BCUT2D eigenvalue weighted by molar-refractivity contribution is -0.154. The first kappa shape index (κ1) is 28.7. The summed E-state index contributed by atoms with van der Waals surface area (Å²) in [6.45, 7) is 16.1. The quantitative estimate of drug-likeness (QED) is 0.353. The molecule has 38 heavy (non-hydrogen) atoms. The van der Waals surface area contributed by atoms with E-state index in [-0.39, 0.29) is 48.1 Å². The van der Waals surface area contributed by atoms with E-state index in [0.29, 0.717) is 6.54 Å². The third-order valence-corrected chi connectivity index (χ3v) is 11.2. The largest absolute Gasteiger partial charge is 0.466 e. The Kier molecular flexibility index (Phi) is 8.34. The Morgan fingerprint density at radius 1 is 1.32 bits per heavy atom. The number of nitrogens with zero attached hydrogens (tertiary/aromatic N) is 2. The number of benzene rings is 1. The van der Waals surface area contributed by atoms with Crippen LogP contribution in [-0.2, 0) is 19.1 Å². The number of carbonyl (C=O) groups is 3. The highest BCUT2D eigenvalue weighted by atomic mass is 32.2. The van der Waals surface area contributed by atoms with Crippen LogP contribution in [0, 0.1) is 37.5 Å². The number of carbonyl (C=O) groups excluding carboxylic acids is 3. The molecule has 2 amide bonds. The maximum atomic E-state index is 14.9. The van der Waals surface area contributed by atoms with Gasteiger partial charge in [0, 0.05) is 17.5 Å². The van der Waals surface area contributed by atoms with Crippen LogP contribution in [0.3, 0.4) is 0 Å². The lowest BCUT2D eigenvalue weighted by atomic mass is 9.66. The van der Waals surface area contributed by atoms with Gasteiger partial charge >= 0.3 is 5.97 Å². The Hall–Kier alpha value is -2.32. The average Bonchev–Trinajstić information content (AvgIpc) is 3.47. The summed E-state index contributed by atoms with van der Waals surface area (Å²) in [5, 5.41) is 10.5. The minimum atomic E-state index is -0.811. The van der Waals surface area contributed by atoms with Gasteiger partial charge in [0.2, 0.25) is 5.91 Å². The van der Waals surface area contributed by atoms with Crippen LogP contribution < -0.4 is 4.90 Å². The molecule has 3 unspecified atom stereocenters. The molecule has 8 heteroatoms. The molecule has 3 heterocycles. The van der Waals surface area contributed by atoms with Crippen molar-refractivity contribution in [2.75, 3.05) is 24.7 Å². The molecule has 1 spiro atoms. The summed E-state index contributed by atoms with van der Waals surface area (Å²) < 4.78 is 4.69. The number of hydrogen-bond donors (Lipinski definition) is 1. The van der Waals surface area contributed by atoms with Gasteiger partial charge in [-0.05, 0) is 50.2 Å². The van der Waals surface area contributed by atoms with E-state index < -0.39 is 28.7 Å². The van der Waals surface area contributed by atoms with Gasteiger partial charge in [0.1, 0.15) is 6.04 Å². The van der Waals surface area contributed by atoms with E-state index in [4.69, 9.17) is 4.74 Å². The van der Waals surface area contributed by atoms with E-state index in [0.717, 1.165) is 29.7 Å². The van der Waals surface area contributed by atoms with Gasteiger partial charge in [-0.3, -0.25) is 14.4 Å². The Balaban J connectivity index is 1.91. The van der Waals surface area contributed by atoms with Crippen molar-refractivity contribution < 1.29 is 24.2 Å². The van der Waals surface area contributed by atoms with E-state index in [9.17, 15) is 19.5 Å². The highest BCUT2D eigenvalue weighted by molar-refractivity contribution is 8.02. The van der Waals surface area contributed by atoms with Crippen LogP contribution in [0.15, 0.2) is 30.9 Å². The number of esters is 1. The maximum absolute atomic E-state index is 14.9. The predicted octanol–water partition coefficient (Wildman–Crippen LogP) is 4.13. The van der Waals surface area contributed by atoms with Crippen LogP contribution in [0.5, 0.6) is 0 Å². The smallest absolute Gasteiger partial charge is 0.310 e. The van der Waals surface area contributed by atoms with Crippen molar-refractivity contribution in [1.29, 1.82) is 0 Å². The van der Waals surface area contributed by atoms with Gasteiger partial charge < -0.3 is 19.6 Å². The maximum Gasteiger partial charge on any atom is 0.310 e. The Morgan fingerprint density at radius 2 is 1.97 bits per heavy atom. The molecule has 7 nitrogen and oxygen atoms in total. The highest BCUT2D eigenvalue weighted by Gasteiger charge is 2.77. The molecule has 3 fully saturated rings. The van der Waals surface area contributed by atoms with Crippen LogP contribution in [-0.4, -0.2) is 69.6 Å². The zero-order valence-corrected chi connectivity index (χ0v) is 24.3. The van der Waals surface area contributed by atoms with Gasteiger partial charge in [-0.1, -0.05) is 51.5 Å². The monoisotopic (exact) mass is 542 g/mol. The van der Waals surface area contributed by atoms with Crippen molar-refractivity contribution in [3.8, 4) is 0 Å². The minimum Gasteiger partial charge on any atom is -0.466 e. The predicted molar refractivity (Wildman–Crippen MR) is 151 cm³/mol. The van der Waals surface area contributed by atoms with Crippen molar-refractivity contribution in [2.24, 2.45) is 23.7 Å². The second-order valence-electron chi connectivity index (χ2n) is 11.2. The average molecular weight is 543 g/mol. The molecule has 0 aliphatic carbocycles. The van der Waals surface area contributed by atoms with Crippen LogP contribution >= 0.6 is 11.8 Å². The van der Waals surface area contributed by atoms with E-state index in [1.54, 1.807) is 34.6 Å². The summed E-state index contributed by atoms with van der Waals surface area (Å²) in [6.07, 6.45) is 3.20. The molecule has 1 aromatic rings. The first-order valence-electron chi connectivity index (χ1n) is 13.9. The molecule has 0 radical (unpaired) electrons. The summed E-state index contributed by atoms with van der Waals surface area (Å²) in [5.41, 5.74) is 2.75. The molecule has 3 aliphatic rings. The third kappa shape index (κ3) is 4.19. The fraction of sp³-hybridized carbons (Fsp3) is 0.633. The van der Waals surface area contributed by atoms with Crippen LogP contribution in [0.1, 0.15) is 51.7 Å². The molecular formula is C30H42N2O5S. The lowest BCUT2D eigenvalue weighted by Crippen LogP contribution is -2.60. The number of anilines is 1. The van der Waals surface area contributed by atoms with Crippen molar-refractivity contribution in [3.05, 3.63) is 42.0 Å². The number of thioether (sulfide) groups is 1. The first-order chi connectivity index (χ1) is 18.1. The number of aryl methyl sites for hydroxylation is 2. The van der Waals surface area contributed by atoms with Gasteiger partial charge in [-0.25, -0.2) is 0 Å². The Labute approximate surface area is 231 Å². The Morgan fingerprint density at radius 3 is 2.53 bits per heavy atom. The number of aliphatic hydroxyl groups is 1. The lowest BCUT2D eigenvalue weighted by Gasteiger charge is -2.43. The van der Waals surface area contributed by atoms with Crippen molar-refractivity contribution in [1.82, 2.24) is 4.90 Å². The van der Waals surface area contributed by atoms with Crippen molar-refractivity contribution in [2.45, 2.75) is 76.5 Å².